The Morgan fingerprint density at radius 1 is 0.889 bits per heavy atom. The summed E-state index contributed by atoms with van der Waals surface area (Å²) in [6.07, 6.45) is 5.16. The van der Waals surface area contributed by atoms with Crippen molar-refractivity contribution >= 4 is 15.9 Å². The van der Waals surface area contributed by atoms with E-state index in [1.807, 2.05) is 0 Å². The van der Waals surface area contributed by atoms with Crippen molar-refractivity contribution in [2.24, 2.45) is 11.8 Å². The molecule has 0 unspecified atom stereocenters. The van der Waals surface area contributed by atoms with Crippen LogP contribution in [0.15, 0.2) is 18.2 Å². The highest BCUT2D eigenvalue weighted by Crippen LogP contribution is 2.37. The number of carbonyl (C=O) groups excluding carboxylic acids is 1. The number of halogens is 2. The second kappa shape index (κ2) is 16.9. The van der Waals surface area contributed by atoms with Gasteiger partial charge >= 0.3 is 0 Å². The Hall–Kier alpha value is -1.70. The van der Waals surface area contributed by atoms with Crippen molar-refractivity contribution in [2.75, 3.05) is 98.5 Å². The topological polar surface area (TPSA) is 76.6 Å². The molecule has 3 fully saturated rings. The van der Waals surface area contributed by atoms with Gasteiger partial charge in [-0.05, 0) is 74.1 Å². The Labute approximate surface area is 269 Å². The van der Waals surface area contributed by atoms with E-state index in [-0.39, 0.29) is 23.8 Å². The number of sulfonamides is 1. The van der Waals surface area contributed by atoms with Gasteiger partial charge in [-0.1, -0.05) is 13.8 Å². The van der Waals surface area contributed by atoms with E-state index in [1.54, 1.807) is 7.11 Å². The molecule has 0 saturated carbocycles. The van der Waals surface area contributed by atoms with Crippen molar-refractivity contribution in [2.45, 2.75) is 57.9 Å². The molecule has 1 amide bonds. The SMILES string of the molecule is COCCN1CCN(CC(=O)N(CC(C)C)C2CCN(CC[C@@H](c3cc(F)cc(F)c3)C3CCN(S(C)(=O)=O)CC3)CC2)CC1. The van der Waals surface area contributed by atoms with Crippen LogP contribution in [-0.2, 0) is 19.6 Å². The van der Waals surface area contributed by atoms with Gasteiger partial charge in [0.25, 0.3) is 0 Å². The molecule has 45 heavy (non-hydrogen) atoms. The normalized spacial score (nSPS) is 21.4. The zero-order chi connectivity index (χ0) is 32.6. The van der Waals surface area contributed by atoms with Gasteiger partial charge in [0, 0.05) is 84.7 Å². The summed E-state index contributed by atoms with van der Waals surface area (Å²) >= 11 is 0. The lowest BCUT2D eigenvalue weighted by molar-refractivity contribution is -0.137. The zero-order valence-electron chi connectivity index (χ0n) is 27.8. The van der Waals surface area contributed by atoms with Gasteiger partial charge in [-0.25, -0.2) is 21.5 Å². The lowest BCUT2D eigenvalue weighted by atomic mass is 9.78. The molecule has 0 N–H and O–H groups in total. The molecule has 3 saturated heterocycles. The van der Waals surface area contributed by atoms with Gasteiger partial charge in [0.1, 0.15) is 11.6 Å². The minimum atomic E-state index is -3.25. The van der Waals surface area contributed by atoms with Gasteiger partial charge in [-0.2, -0.15) is 0 Å². The van der Waals surface area contributed by atoms with Crippen LogP contribution in [0.2, 0.25) is 0 Å². The molecule has 1 aromatic carbocycles. The highest BCUT2D eigenvalue weighted by molar-refractivity contribution is 7.88. The third-order valence-electron chi connectivity index (χ3n) is 9.92. The molecule has 3 aliphatic heterocycles. The molecule has 3 aliphatic rings. The number of carbonyl (C=O) groups is 1. The molecule has 4 rings (SSSR count). The summed E-state index contributed by atoms with van der Waals surface area (Å²) < 4.78 is 59.4. The van der Waals surface area contributed by atoms with Crippen LogP contribution in [0, 0.1) is 23.5 Å². The molecule has 1 aromatic rings. The van der Waals surface area contributed by atoms with E-state index >= 15 is 0 Å². The van der Waals surface area contributed by atoms with Crippen LogP contribution in [0.25, 0.3) is 0 Å². The van der Waals surface area contributed by atoms with E-state index in [2.05, 4.69) is 33.4 Å². The third-order valence-corrected chi connectivity index (χ3v) is 11.2. The Balaban J connectivity index is 1.32. The predicted molar refractivity (Wildman–Crippen MR) is 174 cm³/mol. The van der Waals surface area contributed by atoms with Gasteiger partial charge in [0.2, 0.25) is 15.9 Å². The highest BCUT2D eigenvalue weighted by Gasteiger charge is 2.33. The monoisotopic (exact) mass is 655 g/mol. The number of methoxy groups -OCH3 is 1. The summed E-state index contributed by atoms with van der Waals surface area (Å²) in [7, 11) is -1.53. The maximum absolute atomic E-state index is 14.3. The van der Waals surface area contributed by atoms with Gasteiger partial charge in [-0.3, -0.25) is 14.6 Å². The number of hydrogen-bond acceptors (Lipinski definition) is 7. The van der Waals surface area contributed by atoms with E-state index < -0.39 is 21.7 Å². The van der Waals surface area contributed by atoms with E-state index in [1.165, 1.54) is 22.7 Å². The summed E-state index contributed by atoms with van der Waals surface area (Å²) in [5, 5.41) is 0. The zero-order valence-corrected chi connectivity index (χ0v) is 28.6. The summed E-state index contributed by atoms with van der Waals surface area (Å²) in [5.41, 5.74) is 0.661. The Kier molecular flexibility index (Phi) is 13.6. The molecule has 0 bridgehead atoms. The average Bonchev–Trinajstić information content (AvgIpc) is 2.99. The summed E-state index contributed by atoms with van der Waals surface area (Å²) in [4.78, 5) is 22.8. The number of rotatable bonds is 14. The second-order valence-corrected chi connectivity index (χ2v) is 15.7. The molecular weight excluding hydrogens is 600 g/mol. The van der Waals surface area contributed by atoms with Crippen LogP contribution in [-0.4, -0.2) is 143 Å². The predicted octanol–water partition coefficient (Wildman–Crippen LogP) is 3.32. The Morgan fingerprint density at radius 3 is 2.02 bits per heavy atom. The molecule has 3 heterocycles. The van der Waals surface area contributed by atoms with Gasteiger partial charge in [-0.15, -0.1) is 0 Å². The first kappa shape index (κ1) is 36.1. The third kappa shape index (κ3) is 10.9. The fourth-order valence-electron chi connectivity index (χ4n) is 7.37. The van der Waals surface area contributed by atoms with E-state index in [0.717, 1.165) is 90.8 Å². The molecule has 0 aromatic heterocycles. The molecule has 1 atom stereocenters. The van der Waals surface area contributed by atoms with Crippen molar-refractivity contribution in [3.63, 3.8) is 0 Å². The van der Waals surface area contributed by atoms with E-state index in [4.69, 9.17) is 4.74 Å². The fourth-order valence-corrected chi connectivity index (χ4v) is 8.25. The van der Waals surface area contributed by atoms with Gasteiger partial charge in [0.05, 0.1) is 19.4 Å². The van der Waals surface area contributed by atoms with Crippen molar-refractivity contribution < 1.29 is 26.7 Å². The van der Waals surface area contributed by atoms with Crippen LogP contribution >= 0.6 is 0 Å². The molecule has 12 heteroatoms. The first-order valence-corrected chi connectivity index (χ1v) is 18.6. The first-order valence-electron chi connectivity index (χ1n) is 16.8. The molecule has 0 spiro atoms. The van der Waals surface area contributed by atoms with Crippen molar-refractivity contribution in [1.29, 1.82) is 0 Å². The van der Waals surface area contributed by atoms with E-state index in [9.17, 15) is 22.0 Å². The fraction of sp³-hybridized carbons (Fsp3) is 0.788. The number of likely N-dealkylation sites (tertiary alicyclic amines) is 1. The smallest absolute Gasteiger partial charge is 0.237 e. The Morgan fingerprint density at radius 2 is 1.47 bits per heavy atom. The van der Waals surface area contributed by atoms with E-state index in [0.29, 0.717) is 44.0 Å². The molecule has 0 radical (unpaired) electrons. The van der Waals surface area contributed by atoms with Crippen LogP contribution in [0.1, 0.15) is 57.4 Å². The molecular formula is C33H55F2N5O4S. The number of amides is 1. The lowest BCUT2D eigenvalue weighted by Crippen LogP contribution is -2.54. The first-order chi connectivity index (χ1) is 21.4. The van der Waals surface area contributed by atoms with Crippen LogP contribution in [0.4, 0.5) is 8.78 Å². The van der Waals surface area contributed by atoms with Crippen molar-refractivity contribution in [1.82, 2.24) is 23.9 Å². The number of benzene rings is 1. The lowest BCUT2D eigenvalue weighted by Gasteiger charge is -2.41. The number of piperazine rings is 1. The van der Waals surface area contributed by atoms with Gasteiger partial charge < -0.3 is 14.5 Å². The van der Waals surface area contributed by atoms with Crippen molar-refractivity contribution in [3.8, 4) is 0 Å². The maximum atomic E-state index is 14.3. The summed E-state index contributed by atoms with van der Waals surface area (Å²) in [6.45, 7) is 14.4. The van der Waals surface area contributed by atoms with Crippen LogP contribution in [0.5, 0.6) is 0 Å². The van der Waals surface area contributed by atoms with Crippen LogP contribution in [0.3, 0.4) is 0 Å². The quantitative estimate of drug-likeness (QED) is 0.305. The minimum absolute atomic E-state index is 0.0522. The number of ether oxygens (including phenoxy) is 1. The molecule has 9 nitrogen and oxygen atoms in total. The highest BCUT2D eigenvalue weighted by atomic mass is 32.2. The number of nitrogens with zero attached hydrogens (tertiary/aromatic N) is 5. The summed E-state index contributed by atoms with van der Waals surface area (Å²) in [5.74, 6) is -0.438. The van der Waals surface area contributed by atoms with Crippen molar-refractivity contribution in [3.05, 3.63) is 35.4 Å². The minimum Gasteiger partial charge on any atom is -0.383 e. The molecule has 0 aliphatic carbocycles. The second-order valence-electron chi connectivity index (χ2n) is 13.7. The standard InChI is InChI=1S/C33H55F2N5O4S/c1-26(2)24-40(33(41)25-38-17-15-37(16-18-38)19-20-44-3)31-7-10-36(11-8-31)12-9-32(28-21-29(34)23-30(35)22-28)27-5-13-39(14-6-27)45(4,42)43/h21-23,26-27,31-32H,5-20,24-25H2,1-4H3/t32-/m1/s1. The summed E-state index contributed by atoms with van der Waals surface area (Å²) in [6, 6.07) is 4.01. The number of hydrogen-bond donors (Lipinski definition) is 0. The number of piperidine rings is 2. The van der Waals surface area contributed by atoms with Crippen LogP contribution < -0.4 is 0 Å². The largest absolute Gasteiger partial charge is 0.383 e. The maximum Gasteiger partial charge on any atom is 0.237 e. The Bertz CT molecular complexity index is 1160. The average molecular weight is 656 g/mol. The molecule has 256 valence electrons. The van der Waals surface area contributed by atoms with Gasteiger partial charge in [0.15, 0.2) is 0 Å².